The van der Waals surface area contributed by atoms with Crippen molar-refractivity contribution in [3.05, 3.63) is 35.9 Å². The van der Waals surface area contributed by atoms with Gasteiger partial charge in [0.25, 0.3) is 0 Å². The molecule has 3 amide bonds. The third kappa shape index (κ3) is 15.7. The Hall–Kier alpha value is -3.28. The minimum Gasteiger partial charge on any atom is -0.460 e. The fourth-order valence-corrected chi connectivity index (χ4v) is 3.60. The zero-order valence-electron chi connectivity index (χ0n) is 23.8. The summed E-state index contributed by atoms with van der Waals surface area (Å²) in [6.07, 6.45) is 0.679. The van der Waals surface area contributed by atoms with Gasteiger partial charge in [-0.3, -0.25) is 14.4 Å². The largest absolute Gasteiger partial charge is 0.460 e. The molecule has 0 heterocycles. The molecular formula is C27H41N3O8S. The standard InChI is InChI=1S/C27H41N3O8S/c1-26(2,3)37-24(34)19(30-25(35)38-27(4,5)6)13-14-21(31)29-20(17-39-7)23(33)28-15-22(32)36-16-18-11-9-8-10-12-18/h8-12,19-20H,13-17H2,1-7H3,(H,28,33)(H,29,31)(H,30,35)/t19-,20-/m0/s1. The van der Waals surface area contributed by atoms with Gasteiger partial charge >= 0.3 is 18.0 Å². The van der Waals surface area contributed by atoms with E-state index in [2.05, 4.69) is 16.0 Å². The Morgan fingerprint density at radius 2 is 1.49 bits per heavy atom. The molecule has 0 saturated carbocycles. The Balaban J connectivity index is 2.67. The third-order valence-corrected chi connectivity index (χ3v) is 5.34. The molecule has 0 aliphatic carbocycles. The quantitative estimate of drug-likeness (QED) is 0.242. The highest BCUT2D eigenvalue weighted by Crippen LogP contribution is 2.13. The monoisotopic (exact) mass is 567 g/mol. The number of amides is 3. The van der Waals surface area contributed by atoms with E-state index in [4.69, 9.17) is 14.2 Å². The van der Waals surface area contributed by atoms with E-state index in [1.807, 2.05) is 30.3 Å². The second kappa shape index (κ2) is 16.0. The van der Waals surface area contributed by atoms with Crippen molar-refractivity contribution < 1.29 is 38.2 Å². The lowest BCUT2D eigenvalue weighted by molar-refractivity contribution is -0.157. The van der Waals surface area contributed by atoms with Crippen molar-refractivity contribution in [2.45, 2.75) is 84.3 Å². The van der Waals surface area contributed by atoms with E-state index in [0.29, 0.717) is 0 Å². The van der Waals surface area contributed by atoms with Crippen LogP contribution in [-0.4, -0.2) is 71.7 Å². The van der Waals surface area contributed by atoms with Gasteiger partial charge in [-0.2, -0.15) is 11.8 Å². The van der Waals surface area contributed by atoms with Crippen molar-refractivity contribution in [3.63, 3.8) is 0 Å². The minimum absolute atomic E-state index is 0.0800. The number of hydrogen-bond donors (Lipinski definition) is 3. The maximum Gasteiger partial charge on any atom is 0.408 e. The molecule has 0 unspecified atom stereocenters. The van der Waals surface area contributed by atoms with Crippen LogP contribution in [0.5, 0.6) is 0 Å². The van der Waals surface area contributed by atoms with E-state index in [0.717, 1.165) is 5.56 Å². The first kappa shape index (κ1) is 33.7. The number of alkyl carbamates (subject to hydrolysis) is 1. The number of rotatable bonds is 13. The number of benzene rings is 1. The van der Waals surface area contributed by atoms with Crippen LogP contribution in [0.15, 0.2) is 30.3 Å². The predicted octanol–water partition coefficient (Wildman–Crippen LogP) is 2.71. The Kier molecular flexibility index (Phi) is 13.8. The van der Waals surface area contributed by atoms with Crippen LogP contribution in [-0.2, 0) is 40.0 Å². The van der Waals surface area contributed by atoms with Crippen molar-refractivity contribution in [2.75, 3.05) is 18.6 Å². The number of thioether (sulfide) groups is 1. The van der Waals surface area contributed by atoms with Crippen LogP contribution in [0.2, 0.25) is 0 Å². The third-order valence-electron chi connectivity index (χ3n) is 4.68. The number of hydrogen-bond acceptors (Lipinski definition) is 9. The van der Waals surface area contributed by atoms with Gasteiger partial charge in [-0.1, -0.05) is 30.3 Å². The average Bonchev–Trinajstić information content (AvgIpc) is 2.81. The van der Waals surface area contributed by atoms with Crippen LogP contribution in [0.3, 0.4) is 0 Å². The molecular weight excluding hydrogens is 526 g/mol. The fourth-order valence-electron chi connectivity index (χ4n) is 3.03. The van der Waals surface area contributed by atoms with Gasteiger partial charge < -0.3 is 30.2 Å². The van der Waals surface area contributed by atoms with Crippen molar-refractivity contribution >= 4 is 41.6 Å². The van der Waals surface area contributed by atoms with E-state index in [1.54, 1.807) is 47.8 Å². The average molecular weight is 568 g/mol. The molecule has 218 valence electrons. The summed E-state index contributed by atoms with van der Waals surface area (Å²) in [5.41, 5.74) is -0.779. The summed E-state index contributed by atoms with van der Waals surface area (Å²) in [4.78, 5) is 62.2. The summed E-state index contributed by atoms with van der Waals surface area (Å²) >= 11 is 1.33. The predicted molar refractivity (Wildman–Crippen MR) is 148 cm³/mol. The topological polar surface area (TPSA) is 149 Å². The van der Waals surface area contributed by atoms with Gasteiger partial charge in [0.05, 0.1) is 0 Å². The maximum absolute atomic E-state index is 12.7. The van der Waals surface area contributed by atoms with E-state index in [-0.39, 0.29) is 31.7 Å². The van der Waals surface area contributed by atoms with Gasteiger partial charge in [0, 0.05) is 12.2 Å². The lowest BCUT2D eigenvalue weighted by atomic mass is 10.1. The molecule has 12 heteroatoms. The van der Waals surface area contributed by atoms with Gasteiger partial charge in [0.15, 0.2) is 0 Å². The Morgan fingerprint density at radius 3 is 2.05 bits per heavy atom. The molecule has 0 saturated heterocycles. The molecule has 11 nitrogen and oxygen atoms in total. The first-order chi connectivity index (χ1) is 18.1. The van der Waals surface area contributed by atoms with Crippen LogP contribution in [0, 0.1) is 0 Å². The highest BCUT2D eigenvalue weighted by molar-refractivity contribution is 7.98. The van der Waals surface area contributed by atoms with E-state index in [9.17, 15) is 24.0 Å². The Labute approximate surface area is 234 Å². The van der Waals surface area contributed by atoms with Gasteiger partial charge in [-0.05, 0) is 59.8 Å². The van der Waals surface area contributed by atoms with Gasteiger partial charge in [0.1, 0.15) is 36.4 Å². The van der Waals surface area contributed by atoms with Gasteiger partial charge in [-0.25, -0.2) is 9.59 Å². The summed E-state index contributed by atoms with van der Waals surface area (Å²) in [7, 11) is 0. The molecule has 1 aromatic rings. The molecule has 0 aliphatic heterocycles. The normalized spacial score (nSPS) is 12.9. The summed E-state index contributed by atoms with van der Waals surface area (Å²) < 4.78 is 15.7. The number of carbonyl (C=O) groups excluding carboxylic acids is 5. The first-order valence-corrected chi connectivity index (χ1v) is 14.0. The molecule has 3 N–H and O–H groups in total. The van der Waals surface area contributed by atoms with Gasteiger partial charge in [-0.15, -0.1) is 0 Å². The van der Waals surface area contributed by atoms with Crippen molar-refractivity contribution in [1.82, 2.24) is 16.0 Å². The minimum atomic E-state index is -1.14. The molecule has 0 aliphatic rings. The summed E-state index contributed by atoms with van der Waals surface area (Å²) in [6, 6.07) is 7.05. The highest BCUT2D eigenvalue weighted by atomic mass is 32.2. The van der Waals surface area contributed by atoms with Crippen molar-refractivity contribution in [1.29, 1.82) is 0 Å². The van der Waals surface area contributed by atoms with E-state index >= 15 is 0 Å². The molecule has 1 rings (SSSR count). The van der Waals surface area contributed by atoms with Gasteiger partial charge in [0.2, 0.25) is 11.8 Å². The molecule has 0 spiro atoms. The molecule has 0 radical (unpaired) electrons. The molecule has 2 atom stereocenters. The molecule has 0 fully saturated rings. The number of ether oxygens (including phenoxy) is 3. The number of esters is 2. The summed E-state index contributed by atoms with van der Waals surface area (Å²) in [6.45, 7) is 9.83. The van der Waals surface area contributed by atoms with E-state index < -0.39 is 53.1 Å². The lowest BCUT2D eigenvalue weighted by Crippen LogP contribution is -2.50. The maximum atomic E-state index is 12.7. The van der Waals surface area contributed by atoms with Crippen LogP contribution in [0.1, 0.15) is 59.9 Å². The van der Waals surface area contributed by atoms with Crippen LogP contribution >= 0.6 is 11.8 Å². The second-order valence-electron chi connectivity index (χ2n) is 10.7. The van der Waals surface area contributed by atoms with Crippen molar-refractivity contribution in [3.8, 4) is 0 Å². The van der Waals surface area contributed by atoms with Crippen molar-refractivity contribution in [2.24, 2.45) is 0 Å². The zero-order valence-corrected chi connectivity index (χ0v) is 24.6. The smallest absolute Gasteiger partial charge is 0.408 e. The van der Waals surface area contributed by atoms with E-state index in [1.165, 1.54) is 11.8 Å². The molecule has 0 aromatic heterocycles. The summed E-state index contributed by atoms with van der Waals surface area (Å²) in [5.74, 6) is -2.15. The number of carbonyl (C=O) groups is 5. The molecule has 0 bridgehead atoms. The molecule has 39 heavy (non-hydrogen) atoms. The van der Waals surface area contributed by atoms with Crippen LogP contribution in [0.4, 0.5) is 4.79 Å². The second-order valence-corrected chi connectivity index (χ2v) is 11.6. The molecule has 1 aromatic carbocycles. The van der Waals surface area contributed by atoms with Crippen LogP contribution in [0.25, 0.3) is 0 Å². The fraction of sp³-hybridized carbons (Fsp3) is 0.593. The SMILES string of the molecule is CSC[C@H](NC(=O)CC[C@H](NC(=O)OC(C)(C)C)C(=O)OC(C)(C)C)C(=O)NCC(=O)OCc1ccccc1. The Bertz CT molecular complexity index is 973. The zero-order chi connectivity index (χ0) is 29.6. The Morgan fingerprint density at radius 1 is 0.872 bits per heavy atom. The van der Waals surface area contributed by atoms with Crippen LogP contribution < -0.4 is 16.0 Å². The number of nitrogens with one attached hydrogen (secondary N) is 3. The first-order valence-electron chi connectivity index (χ1n) is 12.6. The summed E-state index contributed by atoms with van der Waals surface area (Å²) in [5, 5.41) is 7.55. The highest BCUT2D eigenvalue weighted by Gasteiger charge is 2.30. The lowest BCUT2D eigenvalue weighted by Gasteiger charge is -2.26.